The van der Waals surface area contributed by atoms with Crippen LogP contribution in [-0.4, -0.2) is 21.0 Å². The molecule has 1 aliphatic heterocycles. The van der Waals surface area contributed by atoms with Crippen molar-refractivity contribution in [3.8, 4) is 0 Å². The number of aryl methyl sites for hydroxylation is 1. The first-order valence-electron chi connectivity index (χ1n) is 5.86. The van der Waals surface area contributed by atoms with E-state index in [2.05, 4.69) is 30.7 Å². The van der Waals surface area contributed by atoms with Gasteiger partial charge in [-0.3, -0.25) is 4.79 Å². The lowest BCUT2D eigenvalue weighted by Crippen LogP contribution is -2.37. The zero-order valence-electron chi connectivity index (χ0n) is 11.3. The van der Waals surface area contributed by atoms with Gasteiger partial charge in [-0.05, 0) is 19.3 Å². The van der Waals surface area contributed by atoms with Gasteiger partial charge in [-0.1, -0.05) is 20.8 Å². The fourth-order valence-corrected chi connectivity index (χ4v) is 2.52. The molecule has 1 atom stereocenters. The van der Waals surface area contributed by atoms with E-state index in [1.54, 1.807) is 0 Å². The third-order valence-electron chi connectivity index (χ3n) is 3.36. The zero-order valence-corrected chi connectivity index (χ0v) is 11.3. The summed E-state index contributed by atoms with van der Waals surface area (Å²) < 4.78 is 1.84. The Morgan fingerprint density at radius 1 is 1.24 bits per heavy atom. The molecule has 0 amide bonds. The van der Waals surface area contributed by atoms with Gasteiger partial charge in [0, 0.05) is 12.8 Å². The number of hydrogen-bond acceptors (Lipinski definition) is 3. The van der Waals surface area contributed by atoms with E-state index in [1.165, 1.54) is 0 Å². The Morgan fingerprint density at radius 3 is 2.35 bits per heavy atom. The fraction of sp³-hybridized carbons (Fsp3) is 0.615. The van der Waals surface area contributed by atoms with E-state index in [0.717, 1.165) is 11.5 Å². The largest absolute Gasteiger partial charge is 0.327 e. The van der Waals surface area contributed by atoms with Gasteiger partial charge in [-0.2, -0.15) is 0 Å². The Hall–Kier alpha value is -1.45. The minimum Gasteiger partial charge on any atom is -0.327 e. The highest BCUT2D eigenvalue weighted by Crippen LogP contribution is 2.37. The second kappa shape index (κ2) is 3.52. The van der Waals surface area contributed by atoms with Gasteiger partial charge in [0.25, 0.3) is 0 Å². The molecule has 2 heterocycles. The van der Waals surface area contributed by atoms with Crippen LogP contribution in [0.4, 0.5) is 5.82 Å². The number of rotatable bonds is 0. The number of hydrogen-bond donors (Lipinski definition) is 0. The minimum atomic E-state index is -0.148. The molecule has 4 heteroatoms. The summed E-state index contributed by atoms with van der Waals surface area (Å²) in [6, 6.07) is 0. The Bertz CT molecular complexity index is 518. The molecule has 0 spiro atoms. The molecule has 92 valence electrons. The lowest BCUT2D eigenvalue weighted by molar-refractivity contribution is 0.0876. The molecule has 0 saturated carbocycles. The quantitative estimate of drug-likeness (QED) is 0.691. The summed E-state index contributed by atoms with van der Waals surface area (Å²) >= 11 is 0. The maximum Gasteiger partial charge on any atom is 0.192 e. The van der Waals surface area contributed by atoms with Gasteiger partial charge < -0.3 is 4.57 Å². The normalized spacial score (nSPS) is 20.2. The number of ketones is 1. The minimum absolute atomic E-state index is 0.111. The van der Waals surface area contributed by atoms with E-state index in [-0.39, 0.29) is 17.1 Å². The average Bonchev–Trinajstić information content (AvgIpc) is 2.39. The summed E-state index contributed by atoms with van der Waals surface area (Å²) in [6.07, 6.45) is 0. The maximum absolute atomic E-state index is 12.6. The Balaban J connectivity index is 2.62. The number of imidazole rings is 1. The van der Waals surface area contributed by atoms with Crippen molar-refractivity contribution in [2.45, 2.75) is 34.6 Å². The summed E-state index contributed by atoms with van der Waals surface area (Å²) in [5, 5.41) is 0. The zero-order chi connectivity index (χ0) is 13.0. The smallest absolute Gasteiger partial charge is 0.192 e. The van der Waals surface area contributed by atoms with Crippen molar-refractivity contribution in [2.75, 3.05) is 0 Å². The van der Waals surface area contributed by atoms with E-state index in [0.29, 0.717) is 11.5 Å². The first kappa shape index (κ1) is 12.0. The first-order valence-corrected chi connectivity index (χ1v) is 5.86. The number of carbonyl (C=O) groups is 1. The highest BCUT2D eigenvalue weighted by molar-refractivity contribution is 6.16. The molecule has 0 bridgehead atoms. The molecule has 17 heavy (non-hydrogen) atoms. The van der Waals surface area contributed by atoms with Gasteiger partial charge in [0.05, 0.1) is 5.92 Å². The second-order valence-electron chi connectivity index (χ2n) is 5.81. The van der Waals surface area contributed by atoms with Crippen LogP contribution in [0.15, 0.2) is 4.99 Å². The van der Waals surface area contributed by atoms with Crippen molar-refractivity contribution >= 4 is 17.3 Å². The van der Waals surface area contributed by atoms with E-state index in [4.69, 9.17) is 0 Å². The maximum atomic E-state index is 12.6. The second-order valence-corrected chi connectivity index (χ2v) is 5.81. The molecule has 1 unspecified atom stereocenters. The van der Waals surface area contributed by atoms with Crippen LogP contribution in [0.1, 0.15) is 44.0 Å². The summed E-state index contributed by atoms with van der Waals surface area (Å²) in [5.74, 6) is 1.40. The molecule has 4 nitrogen and oxygen atoms in total. The Kier molecular flexibility index (Phi) is 2.49. The van der Waals surface area contributed by atoms with Crippen LogP contribution < -0.4 is 0 Å². The molecule has 2 rings (SSSR count). The SMILES string of the molecule is CC1=Nc2nc(C)n(C)c2C(=O)C1C(C)(C)C. The van der Waals surface area contributed by atoms with Crippen LogP contribution in [0, 0.1) is 18.3 Å². The predicted octanol–water partition coefficient (Wildman–Crippen LogP) is 2.68. The van der Waals surface area contributed by atoms with Crippen LogP contribution in [0.2, 0.25) is 0 Å². The standard InChI is InChI=1S/C13H19N3O/c1-7-9(13(3,4)5)11(17)10-12(14-7)15-8(2)16(10)6/h9H,1-6H3. The fourth-order valence-electron chi connectivity index (χ4n) is 2.52. The highest BCUT2D eigenvalue weighted by atomic mass is 16.1. The molecule has 0 aliphatic carbocycles. The molecule has 0 aromatic carbocycles. The average molecular weight is 233 g/mol. The van der Waals surface area contributed by atoms with Gasteiger partial charge in [0.2, 0.25) is 0 Å². The van der Waals surface area contributed by atoms with Gasteiger partial charge >= 0.3 is 0 Å². The topological polar surface area (TPSA) is 47.2 Å². The predicted molar refractivity (Wildman–Crippen MR) is 68.0 cm³/mol. The molecule has 0 radical (unpaired) electrons. The van der Waals surface area contributed by atoms with Gasteiger partial charge in [-0.25, -0.2) is 9.98 Å². The third kappa shape index (κ3) is 1.72. The molecule has 0 fully saturated rings. The first-order chi connectivity index (χ1) is 7.73. The van der Waals surface area contributed by atoms with E-state index in [1.807, 2.05) is 25.5 Å². The Morgan fingerprint density at radius 2 is 1.82 bits per heavy atom. The molecule has 1 aromatic heterocycles. The van der Waals surface area contributed by atoms with Gasteiger partial charge in [0.15, 0.2) is 11.6 Å². The van der Waals surface area contributed by atoms with Crippen LogP contribution in [-0.2, 0) is 7.05 Å². The lowest BCUT2D eigenvalue weighted by Gasteiger charge is -2.31. The number of aliphatic imine (C=N–C) groups is 1. The molecular formula is C13H19N3O. The van der Waals surface area contributed by atoms with Crippen molar-refractivity contribution in [1.29, 1.82) is 0 Å². The molecule has 0 saturated heterocycles. The van der Waals surface area contributed by atoms with Crippen molar-refractivity contribution in [2.24, 2.45) is 23.4 Å². The van der Waals surface area contributed by atoms with E-state index in [9.17, 15) is 4.79 Å². The van der Waals surface area contributed by atoms with Crippen LogP contribution in [0.25, 0.3) is 0 Å². The van der Waals surface area contributed by atoms with Crippen LogP contribution in [0.5, 0.6) is 0 Å². The number of carbonyl (C=O) groups excluding carboxylic acids is 1. The van der Waals surface area contributed by atoms with E-state index >= 15 is 0 Å². The summed E-state index contributed by atoms with van der Waals surface area (Å²) in [7, 11) is 1.87. The van der Waals surface area contributed by atoms with Crippen LogP contribution in [0.3, 0.4) is 0 Å². The number of aromatic nitrogens is 2. The number of Topliss-reactive ketones (excluding diaryl/α,β-unsaturated/α-hetero) is 1. The monoisotopic (exact) mass is 233 g/mol. The lowest BCUT2D eigenvalue weighted by atomic mass is 9.74. The summed E-state index contributed by atoms with van der Waals surface area (Å²) in [5.41, 5.74) is 1.40. The highest BCUT2D eigenvalue weighted by Gasteiger charge is 2.40. The van der Waals surface area contributed by atoms with Gasteiger partial charge in [0.1, 0.15) is 11.5 Å². The summed E-state index contributed by atoms with van der Waals surface area (Å²) in [6.45, 7) is 10.0. The van der Waals surface area contributed by atoms with Crippen molar-refractivity contribution in [3.05, 3.63) is 11.5 Å². The third-order valence-corrected chi connectivity index (χ3v) is 3.36. The summed E-state index contributed by atoms with van der Waals surface area (Å²) in [4.78, 5) is 21.4. The Labute approximate surface area is 102 Å². The number of nitrogens with zero attached hydrogens (tertiary/aromatic N) is 3. The molecular weight excluding hydrogens is 214 g/mol. The van der Waals surface area contributed by atoms with Gasteiger partial charge in [-0.15, -0.1) is 0 Å². The van der Waals surface area contributed by atoms with Crippen molar-refractivity contribution in [1.82, 2.24) is 9.55 Å². The van der Waals surface area contributed by atoms with Crippen molar-refractivity contribution < 1.29 is 4.79 Å². The number of fused-ring (bicyclic) bond motifs is 1. The van der Waals surface area contributed by atoms with Crippen molar-refractivity contribution in [3.63, 3.8) is 0 Å². The molecule has 1 aliphatic rings. The van der Waals surface area contributed by atoms with E-state index < -0.39 is 0 Å². The molecule has 1 aromatic rings. The molecule has 0 N–H and O–H groups in total. The van der Waals surface area contributed by atoms with Crippen LogP contribution >= 0.6 is 0 Å².